The highest BCUT2D eigenvalue weighted by Gasteiger charge is 2.33. The molecule has 110 valence electrons. The Labute approximate surface area is 130 Å². The molecule has 0 aliphatic carbocycles. The van der Waals surface area contributed by atoms with E-state index in [1.54, 1.807) is 19.1 Å². The molecule has 1 amide bonds. The van der Waals surface area contributed by atoms with Crippen LogP contribution in [0.25, 0.3) is 0 Å². The quantitative estimate of drug-likeness (QED) is 0.903. The van der Waals surface area contributed by atoms with Gasteiger partial charge in [0, 0.05) is 10.7 Å². The second kappa shape index (κ2) is 5.78. The minimum Gasteiger partial charge on any atom is -0.368 e. The van der Waals surface area contributed by atoms with Crippen molar-refractivity contribution < 1.29 is 4.79 Å². The molecule has 0 aliphatic heterocycles. The minimum absolute atomic E-state index is 0.430. The van der Waals surface area contributed by atoms with Crippen molar-refractivity contribution in [3.8, 4) is 0 Å². The van der Waals surface area contributed by atoms with Crippen molar-refractivity contribution in [1.82, 2.24) is 0 Å². The number of nitrogens with one attached hydrogen (secondary N) is 1. The first kappa shape index (κ1) is 15.4. The van der Waals surface area contributed by atoms with Gasteiger partial charge in [0.15, 0.2) is 0 Å². The Kier molecular flexibility index (Phi) is 4.24. The van der Waals surface area contributed by atoms with Gasteiger partial charge in [0.2, 0.25) is 5.91 Å². The molecule has 0 heterocycles. The summed E-state index contributed by atoms with van der Waals surface area (Å²) in [5.41, 5.74) is 8.59. The fourth-order valence-electron chi connectivity index (χ4n) is 2.15. The van der Waals surface area contributed by atoms with Crippen LogP contribution in [-0.2, 0) is 10.3 Å². The van der Waals surface area contributed by atoms with Crippen LogP contribution in [-0.4, -0.2) is 5.91 Å². The molecular weight excluding hydrogens is 284 g/mol. The van der Waals surface area contributed by atoms with Crippen LogP contribution in [0, 0.1) is 13.8 Å². The number of halogens is 1. The zero-order valence-electron chi connectivity index (χ0n) is 12.4. The van der Waals surface area contributed by atoms with Crippen molar-refractivity contribution in [2.24, 2.45) is 5.73 Å². The van der Waals surface area contributed by atoms with Gasteiger partial charge in [-0.15, -0.1) is 0 Å². The molecule has 1 unspecified atom stereocenters. The molecule has 21 heavy (non-hydrogen) atoms. The molecule has 2 aromatic rings. The third-order valence-electron chi connectivity index (χ3n) is 3.82. The Morgan fingerprint density at radius 2 is 1.71 bits per heavy atom. The molecule has 3 nitrogen and oxygen atoms in total. The summed E-state index contributed by atoms with van der Waals surface area (Å²) >= 11 is 5.88. The lowest BCUT2D eigenvalue weighted by Gasteiger charge is -2.29. The molecule has 1 atom stereocenters. The maximum Gasteiger partial charge on any atom is 0.247 e. The van der Waals surface area contributed by atoms with Crippen molar-refractivity contribution >= 4 is 23.2 Å². The number of rotatable bonds is 4. The van der Waals surface area contributed by atoms with Crippen LogP contribution in [0.4, 0.5) is 5.69 Å². The summed E-state index contributed by atoms with van der Waals surface area (Å²) in [5.74, 6) is -0.430. The first-order chi connectivity index (χ1) is 9.83. The van der Waals surface area contributed by atoms with E-state index in [9.17, 15) is 4.79 Å². The Balaban J connectivity index is 2.42. The summed E-state index contributed by atoms with van der Waals surface area (Å²) < 4.78 is 0. The topological polar surface area (TPSA) is 55.1 Å². The normalized spacial score (nSPS) is 13.5. The number of amides is 1. The minimum atomic E-state index is -0.980. The van der Waals surface area contributed by atoms with E-state index in [4.69, 9.17) is 17.3 Å². The van der Waals surface area contributed by atoms with Gasteiger partial charge in [-0.25, -0.2) is 0 Å². The monoisotopic (exact) mass is 302 g/mol. The van der Waals surface area contributed by atoms with Crippen molar-refractivity contribution in [2.45, 2.75) is 26.3 Å². The first-order valence-electron chi connectivity index (χ1n) is 6.74. The zero-order chi connectivity index (χ0) is 15.6. The van der Waals surface area contributed by atoms with Crippen LogP contribution in [0.2, 0.25) is 5.02 Å². The number of hydrogen-bond donors (Lipinski definition) is 2. The Morgan fingerprint density at radius 1 is 1.10 bits per heavy atom. The van der Waals surface area contributed by atoms with Crippen LogP contribution in [0.15, 0.2) is 42.5 Å². The number of carbonyl (C=O) groups excluding carboxylic acids is 1. The van der Waals surface area contributed by atoms with Gasteiger partial charge >= 0.3 is 0 Å². The summed E-state index contributed by atoms with van der Waals surface area (Å²) in [4.78, 5) is 12.0. The van der Waals surface area contributed by atoms with Gasteiger partial charge in [0.25, 0.3) is 0 Å². The number of aryl methyl sites for hydroxylation is 2. The SMILES string of the molecule is Cc1ccc(C(C)(Nc2ccc(Cl)cc2)C(N)=O)cc1C. The fraction of sp³-hybridized carbons (Fsp3) is 0.235. The van der Waals surface area contributed by atoms with E-state index in [0.29, 0.717) is 5.02 Å². The van der Waals surface area contributed by atoms with Crippen molar-refractivity contribution in [2.75, 3.05) is 5.32 Å². The third-order valence-corrected chi connectivity index (χ3v) is 4.07. The van der Waals surface area contributed by atoms with Crippen LogP contribution in [0.1, 0.15) is 23.6 Å². The number of primary amides is 1. The van der Waals surface area contributed by atoms with Gasteiger partial charge in [0.05, 0.1) is 0 Å². The maximum absolute atomic E-state index is 12.0. The molecule has 0 saturated heterocycles. The van der Waals surface area contributed by atoms with Gasteiger partial charge in [-0.05, 0) is 61.7 Å². The van der Waals surface area contributed by atoms with Crippen LogP contribution < -0.4 is 11.1 Å². The molecule has 4 heteroatoms. The first-order valence-corrected chi connectivity index (χ1v) is 7.12. The van der Waals surface area contributed by atoms with Gasteiger partial charge in [-0.2, -0.15) is 0 Å². The van der Waals surface area contributed by atoms with E-state index in [1.165, 1.54) is 5.56 Å². The molecule has 3 N–H and O–H groups in total. The van der Waals surface area contributed by atoms with E-state index in [-0.39, 0.29) is 0 Å². The summed E-state index contributed by atoms with van der Waals surface area (Å²) in [5, 5.41) is 3.86. The zero-order valence-corrected chi connectivity index (χ0v) is 13.2. The number of hydrogen-bond acceptors (Lipinski definition) is 2. The highest BCUT2D eigenvalue weighted by atomic mass is 35.5. The number of carbonyl (C=O) groups is 1. The van der Waals surface area contributed by atoms with Gasteiger partial charge in [-0.1, -0.05) is 29.8 Å². The van der Waals surface area contributed by atoms with E-state index < -0.39 is 11.4 Å². The third kappa shape index (κ3) is 3.19. The molecule has 0 aliphatic rings. The van der Waals surface area contributed by atoms with E-state index in [2.05, 4.69) is 5.32 Å². The lowest BCUT2D eigenvalue weighted by molar-refractivity contribution is -0.122. The smallest absolute Gasteiger partial charge is 0.247 e. The summed E-state index contributed by atoms with van der Waals surface area (Å²) in [7, 11) is 0. The van der Waals surface area contributed by atoms with Crippen molar-refractivity contribution in [3.05, 3.63) is 64.2 Å². The fourth-order valence-corrected chi connectivity index (χ4v) is 2.28. The van der Waals surface area contributed by atoms with Gasteiger partial charge < -0.3 is 11.1 Å². The maximum atomic E-state index is 12.0. The second-order valence-corrected chi connectivity index (χ2v) is 5.86. The largest absolute Gasteiger partial charge is 0.368 e. The van der Waals surface area contributed by atoms with Crippen molar-refractivity contribution in [1.29, 1.82) is 0 Å². The Morgan fingerprint density at radius 3 is 2.24 bits per heavy atom. The highest BCUT2D eigenvalue weighted by molar-refractivity contribution is 6.30. The molecule has 0 saturated carbocycles. The van der Waals surface area contributed by atoms with Gasteiger partial charge in [0.1, 0.15) is 5.54 Å². The summed E-state index contributed by atoms with van der Waals surface area (Å²) in [6.07, 6.45) is 0. The van der Waals surface area contributed by atoms with Crippen LogP contribution >= 0.6 is 11.6 Å². The molecule has 2 rings (SSSR count). The molecular formula is C17H19ClN2O. The van der Waals surface area contributed by atoms with E-state index in [1.807, 2.05) is 44.2 Å². The summed E-state index contributed by atoms with van der Waals surface area (Å²) in [6.45, 7) is 5.84. The lowest BCUT2D eigenvalue weighted by Crippen LogP contribution is -2.45. The molecule has 0 aromatic heterocycles. The Hall–Kier alpha value is -2.00. The molecule has 0 bridgehead atoms. The average Bonchev–Trinajstić information content (AvgIpc) is 2.44. The molecule has 0 spiro atoms. The average molecular weight is 303 g/mol. The predicted octanol–water partition coefficient (Wildman–Crippen LogP) is 3.77. The lowest BCUT2D eigenvalue weighted by atomic mass is 9.88. The summed E-state index contributed by atoms with van der Waals surface area (Å²) in [6, 6.07) is 13.1. The molecule has 0 radical (unpaired) electrons. The second-order valence-electron chi connectivity index (χ2n) is 5.42. The number of anilines is 1. The van der Waals surface area contributed by atoms with E-state index >= 15 is 0 Å². The van der Waals surface area contributed by atoms with Crippen LogP contribution in [0.3, 0.4) is 0 Å². The standard InChI is InChI=1S/C17H19ClN2O/c1-11-4-5-13(10-12(11)2)17(3,16(19)21)20-15-8-6-14(18)7-9-15/h4-10,20H,1-3H3,(H2,19,21). The number of nitrogens with two attached hydrogens (primary N) is 1. The van der Waals surface area contributed by atoms with Gasteiger partial charge in [-0.3, -0.25) is 4.79 Å². The molecule has 2 aromatic carbocycles. The molecule has 0 fully saturated rings. The predicted molar refractivity (Wildman–Crippen MR) is 87.5 cm³/mol. The van der Waals surface area contributed by atoms with Crippen LogP contribution in [0.5, 0.6) is 0 Å². The Bertz CT molecular complexity index is 667. The van der Waals surface area contributed by atoms with Crippen molar-refractivity contribution in [3.63, 3.8) is 0 Å². The van der Waals surface area contributed by atoms with E-state index in [0.717, 1.165) is 16.8 Å². The number of benzene rings is 2. The highest BCUT2D eigenvalue weighted by Crippen LogP contribution is 2.28.